The zero-order valence-electron chi connectivity index (χ0n) is 19.1. The minimum atomic E-state index is -0.606. The van der Waals surface area contributed by atoms with Crippen molar-refractivity contribution >= 4 is 12.2 Å². The zero-order valence-corrected chi connectivity index (χ0v) is 19.1. The van der Waals surface area contributed by atoms with Crippen molar-refractivity contribution < 1.29 is 19.1 Å². The predicted octanol–water partition coefficient (Wildman–Crippen LogP) is 4.82. The molecule has 166 valence electrons. The van der Waals surface area contributed by atoms with E-state index in [1.54, 1.807) is 32.7 Å². The smallest absolute Gasteiger partial charge is 0.410 e. The summed E-state index contributed by atoms with van der Waals surface area (Å²) in [7, 11) is 1.65. The molecule has 1 aromatic rings. The summed E-state index contributed by atoms with van der Waals surface area (Å²) in [6, 6.07) is 11.3. The minimum Gasteiger partial charge on any atom is -0.445 e. The van der Waals surface area contributed by atoms with Crippen molar-refractivity contribution in [3.05, 3.63) is 35.9 Å². The first-order valence-electron chi connectivity index (χ1n) is 10.5. The van der Waals surface area contributed by atoms with Crippen LogP contribution in [0.5, 0.6) is 0 Å². The molecule has 0 N–H and O–H groups in total. The lowest BCUT2D eigenvalue weighted by Crippen LogP contribution is -2.45. The highest BCUT2D eigenvalue weighted by molar-refractivity contribution is 5.69. The Bertz CT molecular complexity index is 709. The fourth-order valence-corrected chi connectivity index (χ4v) is 3.26. The van der Waals surface area contributed by atoms with Gasteiger partial charge in [0.15, 0.2) is 0 Å². The maximum absolute atomic E-state index is 12.4. The van der Waals surface area contributed by atoms with Gasteiger partial charge in [-0.25, -0.2) is 9.59 Å². The zero-order chi connectivity index (χ0) is 22.7. The van der Waals surface area contributed by atoms with Crippen LogP contribution in [0.3, 0.4) is 0 Å². The molecule has 30 heavy (non-hydrogen) atoms. The normalized spacial score (nSPS) is 16.6. The molecule has 0 aliphatic carbocycles. The highest BCUT2D eigenvalue weighted by Gasteiger charge is 2.37. The topological polar surface area (TPSA) is 82.9 Å². The highest BCUT2D eigenvalue weighted by Crippen LogP contribution is 2.26. The maximum Gasteiger partial charge on any atom is 0.410 e. The number of likely N-dealkylation sites (tertiary alicyclic amines) is 1. The Kier molecular flexibility index (Phi) is 10.2. The molecule has 2 atom stereocenters. The molecule has 1 heterocycles. The first-order chi connectivity index (χ1) is 14.2. The molecule has 2 unspecified atom stereocenters. The van der Waals surface area contributed by atoms with E-state index in [0.717, 1.165) is 5.56 Å². The number of benzene rings is 1. The summed E-state index contributed by atoms with van der Waals surface area (Å²) >= 11 is 0. The maximum atomic E-state index is 12.4. The van der Waals surface area contributed by atoms with E-state index in [1.807, 2.05) is 44.2 Å². The second-order valence-corrected chi connectivity index (χ2v) is 8.06. The van der Waals surface area contributed by atoms with Crippen LogP contribution in [0.25, 0.3) is 0 Å². The van der Waals surface area contributed by atoms with Crippen molar-refractivity contribution in [2.75, 3.05) is 20.1 Å². The molecule has 0 bridgehead atoms. The Balaban J connectivity index is 0.00000218. The van der Waals surface area contributed by atoms with E-state index < -0.39 is 11.7 Å². The molecule has 1 fully saturated rings. The Morgan fingerprint density at radius 3 is 2.47 bits per heavy atom. The van der Waals surface area contributed by atoms with Crippen LogP contribution in [0.15, 0.2) is 30.3 Å². The minimum absolute atomic E-state index is 0.00134. The molecular weight excluding hydrogens is 382 g/mol. The van der Waals surface area contributed by atoms with Crippen LogP contribution in [-0.2, 0) is 16.1 Å². The molecule has 1 saturated heterocycles. The van der Waals surface area contributed by atoms with Crippen LogP contribution in [0.4, 0.5) is 9.59 Å². The third-order valence-electron chi connectivity index (χ3n) is 4.71. The molecule has 0 aromatic heterocycles. The molecule has 1 aliphatic rings. The number of carbonyl (C=O) groups excluding carboxylic acids is 2. The van der Waals surface area contributed by atoms with E-state index in [4.69, 9.17) is 9.47 Å². The second kappa shape index (κ2) is 12.1. The average molecular weight is 418 g/mol. The molecule has 7 heteroatoms. The standard InChI is InChI=1S/C21H29N3O4.C2H6/c1-21(2,3)28-19(25)23(4)18(10-12-22)17-11-13-24(14-17)20(26)27-15-16-8-6-5-7-9-16;1-2/h5-9,17-18H,10-11,13-15H2,1-4H3;1-2H3. The summed E-state index contributed by atoms with van der Waals surface area (Å²) in [5.41, 5.74) is 0.324. The van der Waals surface area contributed by atoms with Gasteiger partial charge in [0.05, 0.1) is 18.5 Å². The molecule has 0 radical (unpaired) electrons. The van der Waals surface area contributed by atoms with Crippen LogP contribution in [0, 0.1) is 17.2 Å². The summed E-state index contributed by atoms with van der Waals surface area (Å²) in [6.07, 6.45) is 0.0626. The average Bonchev–Trinajstić information content (AvgIpc) is 3.20. The SMILES string of the molecule is CC.CN(C(=O)OC(C)(C)C)C(CC#N)C1CCN(C(=O)OCc2ccccc2)C1. The number of ether oxygens (including phenoxy) is 2. The fraction of sp³-hybridized carbons (Fsp3) is 0.609. The number of hydrogen-bond acceptors (Lipinski definition) is 5. The van der Waals surface area contributed by atoms with Gasteiger partial charge in [0.25, 0.3) is 0 Å². The van der Waals surface area contributed by atoms with Gasteiger partial charge in [0.1, 0.15) is 12.2 Å². The third kappa shape index (κ3) is 7.94. The highest BCUT2D eigenvalue weighted by atomic mass is 16.6. The van der Waals surface area contributed by atoms with Gasteiger partial charge in [-0.05, 0) is 38.7 Å². The van der Waals surface area contributed by atoms with Gasteiger partial charge in [-0.1, -0.05) is 44.2 Å². The van der Waals surface area contributed by atoms with E-state index in [1.165, 1.54) is 4.90 Å². The summed E-state index contributed by atoms with van der Waals surface area (Å²) in [6.45, 7) is 10.6. The Hall–Kier alpha value is -2.75. The van der Waals surface area contributed by atoms with Gasteiger partial charge in [-0.15, -0.1) is 0 Å². The largest absolute Gasteiger partial charge is 0.445 e. The molecule has 1 aliphatic heterocycles. The molecular formula is C23H35N3O4. The quantitative estimate of drug-likeness (QED) is 0.686. The van der Waals surface area contributed by atoms with Crippen LogP contribution < -0.4 is 0 Å². The number of rotatable bonds is 5. The van der Waals surface area contributed by atoms with Crippen LogP contribution >= 0.6 is 0 Å². The molecule has 7 nitrogen and oxygen atoms in total. The number of hydrogen-bond donors (Lipinski definition) is 0. The van der Waals surface area contributed by atoms with Crippen LogP contribution in [0.2, 0.25) is 0 Å². The van der Waals surface area contributed by atoms with Crippen molar-refractivity contribution in [1.29, 1.82) is 5.26 Å². The first kappa shape index (κ1) is 25.3. The lowest BCUT2D eigenvalue weighted by molar-refractivity contribution is 0.0172. The fourth-order valence-electron chi connectivity index (χ4n) is 3.26. The Morgan fingerprint density at radius 2 is 1.90 bits per heavy atom. The summed E-state index contributed by atoms with van der Waals surface area (Å²) in [5.74, 6) is 0.00134. The van der Waals surface area contributed by atoms with Gasteiger partial charge in [0, 0.05) is 20.1 Å². The molecule has 2 rings (SSSR count). The van der Waals surface area contributed by atoms with Crippen molar-refractivity contribution in [3.63, 3.8) is 0 Å². The van der Waals surface area contributed by atoms with Crippen LogP contribution in [0.1, 0.15) is 53.0 Å². The van der Waals surface area contributed by atoms with E-state index >= 15 is 0 Å². The van der Waals surface area contributed by atoms with Gasteiger partial charge in [0.2, 0.25) is 0 Å². The summed E-state index contributed by atoms with van der Waals surface area (Å²) in [4.78, 5) is 27.9. The van der Waals surface area contributed by atoms with Crippen molar-refractivity contribution in [2.24, 2.45) is 5.92 Å². The van der Waals surface area contributed by atoms with Crippen molar-refractivity contribution in [3.8, 4) is 6.07 Å². The molecule has 1 aromatic carbocycles. The molecule has 2 amide bonds. The van der Waals surface area contributed by atoms with Crippen molar-refractivity contribution in [1.82, 2.24) is 9.80 Å². The van der Waals surface area contributed by atoms with Crippen molar-refractivity contribution in [2.45, 2.75) is 65.7 Å². The Labute approximate surface area is 180 Å². The number of amides is 2. The Morgan fingerprint density at radius 1 is 1.27 bits per heavy atom. The van der Waals surface area contributed by atoms with E-state index in [0.29, 0.717) is 19.5 Å². The number of nitrogens with zero attached hydrogens (tertiary/aromatic N) is 3. The lowest BCUT2D eigenvalue weighted by Gasteiger charge is -2.32. The monoisotopic (exact) mass is 417 g/mol. The van der Waals surface area contributed by atoms with E-state index in [9.17, 15) is 14.9 Å². The summed E-state index contributed by atoms with van der Waals surface area (Å²) < 4.78 is 10.8. The number of carbonyl (C=O) groups is 2. The second-order valence-electron chi connectivity index (χ2n) is 8.06. The van der Waals surface area contributed by atoms with Gasteiger partial charge < -0.3 is 19.3 Å². The number of nitriles is 1. The summed E-state index contributed by atoms with van der Waals surface area (Å²) in [5, 5.41) is 9.21. The first-order valence-corrected chi connectivity index (χ1v) is 10.5. The van der Waals surface area contributed by atoms with Gasteiger partial charge >= 0.3 is 12.2 Å². The molecule has 0 saturated carbocycles. The van der Waals surface area contributed by atoms with Gasteiger partial charge in [-0.3, -0.25) is 0 Å². The molecule has 0 spiro atoms. The third-order valence-corrected chi connectivity index (χ3v) is 4.71. The van der Waals surface area contributed by atoms with Gasteiger partial charge in [-0.2, -0.15) is 5.26 Å². The lowest BCUT2D eigenvalue weighted by atomic mass is 9.95. The van der Waals surface area contributed by atoms with Crippen LogP contribution in [-0.4, -0.2) is 53.8 Å². The predicted molar refractivity (Wildman–Crippen MR) is 116 cm³/mol. The van der Waals surface area contributed by atoms with E-state index in [2.05, 4.69) is 6.07 Å². The van der Waals surface area contributed by atoms with E-state index in [-0.39, 0.29) is 31.1 Å².